The van der Waals surface area contributed by atoms with Gasteiger partial charge in [0.25, 0.3) is 5.91 Å². The van der Waals surface area contributed by atoms with Crippen LogP contribution in [0.4, 0.5) is 10.1 Å². The van der Waals surface area contributed by atoms with Gasteiger partial charge in [-0.1, -0.05) is 54.2 Å². The Hall–Kier alpha value is -2.60. The Balaban J connectivity index is 1.58. The first-order valence-electron chi connectivity index (χ1n) is 7.52. The quantitative estimate of drug-likeness (QED) is 0.785. The Labute approximate surface area is 143 Å². The lowest BCUT2D eigenvalue weighted by Crippen LogP contribution is -2.46. The third kappa shape index (κ3) is 2.69. The number of aliphatic imine (C=N–C) groups is 1. The molecule has 1 fully saturated rings. The highest BCUT2D eigenvalue weighted by atomic mass is 32.2. The Kier molecular flexibility index (Phi) is 3.82. The van der Waals surface area contributed by atoms with Crippen LogP contribution in [0.2, 0.25) is 0 Å². The minimum absolute atomic E-state index is 0.151. The number of nitrogens with zero attached hydrogens (tertiary/aromatic N) is 3. The van der Waals surface area contributed by atoms with E-state index in [2.05, 4.69) is 4.99 Å². The summed E-state index contributed by atoms with van der Waals surface area (Å²) in [6.07, 6.45) is 1.78. The van der Waals surface area contributed by atoms with Crippen molar-refractivity contribution in [3.05, 3.63) is 71.7 Å². The highest BCUT2D eigenvalue weighted by Crippen LogP contribution is 2.31. The van der Waals surface area contributed by atoms with Crippen molar-refractivity contribution in [2.75, 3.05) is 17.4 Å². The predicted octanol–water partition coefficient (Wildman–Crippen LogP) is 3.53. The van der Waals surface area contributed by atoms with E-state index >= 15 is 0 Å². The van der Waals surface area contributed by atoms with Gasteiger partial charge in [-0.15, -0.1) is 0 Å². The zero-order chi connectivity index (χ0) is 16.5. The van der Waals surface area contributed by atoms with Crippen molar-refractivity contribution in [1.29, 1.82) is 0 Å². The molecule has 120 valence electrons. The lowest BCUT2D eigenvalue weighted by molar-refractivity contribution is -0.122. The molecule has 1 amide bonds. The molecule has 0 radical (unpaired) electrons. The molecule has 0 atom stereocenters. The molecule has 0 N–H and O–H groups in total. The number of rotatable bonds is 2. The SMILES string of the molecule is O=C1/C(=C/c2ccccc2)N=C2SCN(c3ccccc3F)CN12. The number of hydrogen-bond acceptors (Lipinski definition) is 4. The van der Waals surface area contributed by atoms with E-state index in [4.69, 9.17) is 0 Å². The third-order valence-corrected chi connectivity index (χ3v) is 4.88. The van der Waals surface area contributed by atoms with Crippen LogP contribution in [-0.2, 0) is 4.79 Å². The fourth-order valence-electron chi connectivity index (χ4n) is 2.67. The molecule has 24 heavy (non-hydrogen) atoms. The van der Waals surface area contributed by atoms with Gasteiger partial charge in [0, 0.05) is 0 Å². The number of carbonyl (C=O) groups is 1. The van der Waals surface area contributed by atoms with E-state index in [-0.39, 0.29) is 11.7 Å². The number of para-hydroxylation sites is 1. The average Bonchev–Trinajstić information content (AvgIpc) is 2.92. The minimum atomic E-state index is -0.287. The second-order valence-corrected chi connectivity index (χ2v) is 6.39. The second-order valence-electron chi connectivity index (χ2n) is 5.47. The zero-order valence-electron chi connectivity index (χ0n) is 12.7. The summed E-state index contributed by atoms with van der Waals surface area (Å²) < 4.78 is 14.0. The summed E-state index contributed by atoms with van der Waals surface area (Å²) in [5.74, 6) is 0.120. The smallest absolute Gasteiger partial charge is 0.280 e. The Bertz CT molecular complexity index is 850. The molecule has 4 nitrogen and oxygen atoms in total. The van der Waals surface area contributed by atoms with E-state index in [1.165, 1.54) is 17.8 Å². The number of thioether (sulfide) groups is 1. The van der Waals surface area contributed by atoms with Crippen molar-refractivity contribution >= 4 is 34.6 Å². The van der Waals surface area contributed by atoms with Gasteiger partial charge in [0.1, 0.15) is 18.2 Å². The summed E-state index contributed by atoms with van der Waals surface area (Å²) in [5, 5.41) is 0.676. The molecule has 2 aromatic rings. The van der Waals surface area contributed by atoms with Gasteiger partial charge in [-0.3, -0.25) is 9.69 Å². The largest absolute Gasteiger partial charge is 0.341 e. The van der Waals surface area contributed by atoms with E-state index in [0.717, 1.165) is 5.56 Å². The predicted molar refractivity (Wildman–Crippen MR) is 94.9 cm³/mol. The maximum absolute atomic E-state index is 14.0. The minimum Gasteiger partial charge on any atom is -0.341 e. The van der Waals surface area contributed by atoms with Gasteiger partial charge >= 0.3 is 0 Å². The second kappa shape index (κ2) is 6.13. The van der Waals surface area contributed by atoms with E-state index in [0.29, 0.717) is 29.1 Å². The van der Waals surface area contributed by atoms with Crippen LogP contribution in [0.15, 0.2) is 65.3 Å². The van der Waals surface area contributed by atoms with Crippen molar-refractivity contribution in [1.82, 2.24) is 4.90 Å². The summed E-state index contributed by atoms with van der Waals surface area (Å²) in [5.41, 5.74) is 1.84. The van der Waals surface area contributed by atoms with Gasteiger partial charge in [-0.2, -0.15) is 0 Å². The average molecular weight is 339 g/mol. The fraction of sp³-hybridized carbons (Fsp3) is 0.111. The van der Waals surface area contributed by atoms with Gasteiger partial charge < -0.3 is 4.90 Å². The topological polar surface area (TPSA) is 35.9 Å². The van der Waals surface area contributed by atoms with Crippen LogP contribution in [-0.4, -0.2) is 28.5 Å². The highest BCUT2D eigenvalue weighted by Gasteiger charge is 2.35. The number of anilines is 1. The van der Waals surface area contributed by atoms with Crippen molar-refractivity contribution < 1.29 is 9.18 Å². The highest BCUT2D eigenvalue weighted by molar-refractivity contribution is 8.14. The van der Waals surface area contributed by atoms with Crippen LogP contribution in [0.1, 0.15) is 5.56 Å². The van der Waals surface area contributed by atoms with Gasteiger partial charge in [0.05, 0.1) is 11.6 Å². The zero-order valence-corrected chi connectivity index (χ0v) is 13.5. The Morgan fingerprint density at radius 3 is 2.62 bits per heavy atom. The van der Waals surface area contributed by atoms with Gasteiger partial charge in [-0.25, -0.2) is 9.38 Å². The molecule has 2 aliphatic heterocycles. The van der Waals surface area contributed by atoms with Crippen LogP contribution in [0.25, 0.3) is 6.08 Å². The summed E-state index contributed by atoms with van der Waals surface area (Å²) in [7, 11) is 0. The number of benzene rings is 2. The molecule has 1 saturated heterocycles. The number of hydrogen-bond donors (Lipinski definition) is 0. The summed E-state index contributed by atoms with van der Waals surface area (Å²) in [6, 6.07) is 16.2. The molecule has 6 heteroatoms. The van der Waals surface area contributed by atoms with Gasteiger partial charge in [-0.05, 0) is 23.8 Å². The van der Waals surface area contributed by atoms with Crippen molar-refractivity contribution in [3.63, 3.8) is 0 Å². The van der Waals surface area contributed by atoms with Crippen LogP contribution in [0.5, 0.6) is 0 Å². The monoisotopic (exact) mass is 339 g/mol. The summed E-state index contributed by atoms with van der Waals surface area (Å²) in [6.45, 7) is 0.303. The Morgan fingerprint density at radius 2 is 1.83 bits per heavy atom. The molecule has 0 bridgehead atoms. The molecule has 0 aliphatic carbocycles. The number of fused-ring (bicyclic) bond motifs is 1. The number of amidine groups is 1. The lowest BCUT2D eigenvalue weighted by Gasteiger charge is -2.34. The van der Waals surface area contributed by atoms with E-state index in [1.54, 1.807) is 29.2 Å². The number of amides is 1. The third-order valence-electron chi connectivity index (χ3n) is 3.87. The van der Waals surface area contributed by atoms with Crippen LogP contribution in [0, 0.1) is 5.82 Å². The molecular weight excluding hydrogens is 325 g/mol. The Morgan fingerprint density at radius 1 is 1.08 bits per heavy atom. The first kappa shape index (κ1) is 15.0. The maximum Gasteiger partial charge on any atom is 0.280 e. The molecule has 2 aromatic carbocycles. The van der Waals surface area contributed by atoms with Crippen molar-refractivity contribution in [2.45, 2.75) is 0 Å². The summed E-state index contributed by atoms with van der Waals surface area (Å²) >= 11 is 1.44. The van der Waals surface area contributed by atoms with E-state index < -0.39 is 0 Å². The lowest BCUT2D eigenvalue weighted by atomic mass is 10.2. The number of carbonyl (C=O) groups excluding carboxylic acids is 1. The standard InChI is InChI=1S/C18H14FN3OS/c19-14-8-4-5-9-16(14)21-11-22-17(23)15(20-18(22)24-12-21)10-13-6-2-1-3-7-13/h1-10H,11-12H2/b15-10-. The van der Waals surface area contributed by atoms with Gasteiger partial charge in [0.2, 0.25) is 0 Å². The maximum atomic E-state index is 14.0. The fourth-order valence-corrected chi connectivity index (χ4v) is 3.62. The molecule has 0 saturated carbocycles. The van der Waals surface area contributed by atoms with E-state index in [1.807, 2.05) is 35.2 Å². The van der Waals surface area contributed by atoms with Crippen molar-refractivity contribution in [2.24, 2.45) is 4.99 Å². The first-order chi connectivity index (χ1) is 11.7. The van der Waals surface area contributed by atoms with E-state index in [9.17, 15) is 9.18 Å². The molecule has 0 spiro atoms. The molecule has 4 rings (SSSR count). The molecule has 2 heterocycles. The van der Waals surface area contributed by atoms with Crippen molar-refractivity contribution in [3.8, 4) is 0 Å². The summed E-state index contributed by atoms with van der Waals surface area (Å²) in [4.78, 5) is 20.5. The molecule has 0 aromatic heterocycles. The number of halogens is 1. The van der Waals surface area contributed by atoms with Crippen LogP contribution < -0.4 is 4.90 Å². The first-order valence-corrected chi connectivity index (χ1v) is 8.50. The van der Waals surface area contributed by atoms with Crippen LogP contribution in [0.3, 0.4) is 0 Å². The van der Waals surface area contributed by atoms with Crippen LogP contribution >= 0.6 is 11.8 Å². The molecule has 2 aliphatic rings. The van der Waals surface area contributed by atoms with Gasteiger partial charge in [0.15, 0.2) is 5.17 Å². The normalized spacial score (nSPS) is 18.8. The molecular formula is C18H14FN3OS. The molecule has 0 unspecified atom stereocenters.